The fourth-order valence-corrected chi connectivity index (χ4v) is 5.42. The second-order valence-corrected chi connectivity index (χ2v) is 10.5. The molecule has 9 heteroatoms. The third-order valence-corrected chi connectivity index (χ3v) is 7.66. The average Bonchev–Trinajstić information content (AvgIpc) is 3.37. The zero-order chi connectivity index (χ0) is 27.8. The van der Waals surface area contributed by atoms with E-state index in [2.05, 4.69) is 17.1 Å². The highest BCUT2D eigenvalue weighted by Crippen LogP contribution is 2.42. The first kappa shape index (κ1) is 29.2. The number of benzene rings is 2. The van der Waals surface area contributed by atoms with Crippen molar-refractivity contribution in [3.05, 3.63) is 65.2 Å². The fraction of sp³-hybridized carbons (Fsp3) is 0.533. The second-order valence-electron chi connectivity index (χ2n) is 10.5. The number of hydrogen-bond donors (Lipinski definition) is 3. The van der Waals surface area contributed by atoms with Gasteiger partial charge in [-0.05, 0) is 49.1 Å². The van der Waals surface area contributed by atoms with Crippen LogP contribution >= 0.6 is 0 Å². The fourth-order valence-electron chi connectivity index (χ4n) is 5.42. The third kappa shape index (κ3) is 7.86. The van der Waals surface area contributed by atoms with Crippen LogP contribution in [0.1, 0.15) is 68.1 Å². The predicted octanol–water partition coefficient (Wildman–Crippen LogP) is 4.27. The van der Waals surface area contributed by atoms with Crippen molar-refractivity contribution in [3.63, 3.8) is 0 Å². The van der Waals surface area contributed by atoms with Crippen LogP contribution in [0.25, 0.3) is 0 Å². The Morgan fingerprint density at radius 3 is 2.44 bits per heavy atom. The van der Waals surface area contributed by atoms with Gasteiger partial charge >= 0.3 is 5.97 Å². The Labute approximate surface area is 230 Å². The standard InChI is InChI=1S/C30H40N2O7/c1-20-26(17-32-16-4-5-25(32)19-37-2)38-30(39-29(20)22-10-8-21(18-33)9-11-22)23-12-14-24(15-13-23)31-27(34)6-3-7-28(35)36/h8-15,20,25-26,29-30,33H,3-7,16-19H2,1-2H3,(H,31,34)(H,35,36). The first-order valence-electron chi connectivity index (χ1n) is 13.7. The number of aliphatic hydroxyl groups excluding tert-OH is 1. The van der Waals surface area contributed by atoms with Crippen molar-refractivity contribution >= 4 is 17.6 Å². The molecule has 2 aliphatic rings. The Balaban J connectivity index is 1.49. The summed E-state index contributed by atoms with van der Waals surface area (Å²) < 4.78 is 18.6. The van der Waals surface area contributed by atoms with E-state index in [1.165, 1.54) is 0 Å². The molecule has 212 valence electrons. The number of ether oxygens (including phenoxy) is 3. The average molecular weight is 541 g/mol. The molecule has 9 nitrogen and oxygen atoms in total. The monoisotopic (exact) mass is 540 g/mol. The van der Waals surface area contributed by atoms with Crippen LogP contribution in [-0.2, 0) is 30.4 Å². The number of hydrogen-bond acceptors (Lipinski definition) is 7. The van der Waals surface area contributed by atoms with Crippen LogP contribution in [0.5, 0.6) is 0 Å². The van der Waals surface area contributed by atoms with Crippen molar-refractivity contribution in [1.29, 1.82) is 0 Å². The molecule has 3 N–H and O–H groups in total. The van der Waals surface area contributed by atoms with Gasteiger partial charge < -0.3 is 29.7 Å². The van der Waals surface area contributed by atoms with Crippen molar-refractivity contribution < 1.29 is 34.0 Å². The minimum atomic E-state index is -0.908. The van der Waals surface area contributed by atoms with E-state index in [1.807, 2.05) is 48.5 Å². The highest BCUT2D eigenvalue weighted by atomic mass is 16.7. The molecule has 2 saturated heterocycles. The minimum Gasteiger partial charge on any atom is -0.481 e. The number of likely N-dealkylation sites (tertiary alicyclic amines) is 1. The predicted molar refractivity (Wildman–Crippen MR) is 146 cm³/mol. The lowest BCUT2D eigenvalue weighted by Crippen LogP contribution is -2.46. The van der Waals surface area contributed by atoms with Gasteiger partial charge in [-0.3, -0.25) is 14.5 Å². The molecular weight excluding hydrogens is 500 g/mol. The van der Waals surface area contributed by atoms with Crippen molar-refractivity contribution in [2.45, 2.75) is 70.2 Å². The Morgan fingerprint density at radius 1 is 1.05 bits per heavy atom. The molecule has 0 aromatic heterocycles. The van der Waals surface area contributed by atoms with Crippen molar-refractivity contribution in [1.82, 2.24) is 4.90 Å². The second kappa shape index (κ2) is 14.0. The topological polar surface area (TPSA) is 118 Å². The van der Waals surface area contributed by atoms with Gasteiger partial charge in [-0.1, -0.05) is 43.3 Å². The quantitative estimate of drug-likeness (QED) is 0.365. The van der Waals surface area contributed by atoms with Crippen LogP contribution in [0, 0.1) is 5.92 Å². The molecule has 5 atom stereocenters. The van der Waals surface area contributed by atoms with Gasteiger partial charge in [0.1, 0.15) is 0 Å². The number of nitrogens with one attached hydrogen (secondary N) is 1. The van der Waals surface area contributed by atoms with Crippen molar-refractivity contribution in [2.24, 2.45) is 5.92 Å². The summed E-state index contributed by atoms with van der Waals surface area (Å²) in [5.41, 5.74) is 3.38. The van der Waals surface area contributed by atoms with Crippen LogP contribution in [-0.4, -0.2) is 65.9 Å². The maximum atomic E-state index is 12.2. The number of aliphatic carboxylic acids is 1. The largest absolute Gasteiger partial charge is 0.481 e. The number of methoxy groups -OCH3 is 1. The molecule has 5 unspecified atom stereocenters. The molecule has 2 aromatic rings. The molecule has 1 amide bonds. The van der Waals surface area contributed by atoms with Crippen LogP contribution in [0.3, 0.4) is 0 Å². The zero-order valence-corrected chi connectivity index (χ0v) is 22.8. The molecule has 0 radical (unpaired) electrons. The summed E-state index contributed by atoms with van der Waals surface area (Å²) in [7, 11) is 1.74. The van der Waals surface area contributed by atoms with E-state index < -0.39 is 12.3 Å². The normalized spacial score (nSPS) is 25.5. The van der Waals surface area contributed by atoms with Gasteiger partial charge in [0.25, 0.3) is 0 Å². The number of nitrogens with zero attached hydrogens (tertiary/aromatic N) is 1. The van der Waals surface area contributed by atoms with Gasteiger partial charge in [-0.2, -0.15) is 0 Å². The van der Waals surface area contributed by atoms with Gasteiger partial charge in [-0.25, -0.2) is 0 Å². The number of rotatable bonds is 12. The minimum absolute atomic E-state index is 0.00594. The van der Waals surface area contributed by atoms with Crippen LogP contribution < -0.4 is 5.32 Å². The van der Waals surface area contributed by atoms with E-state index >= 15 is 0 Å². The summed E-state index contributed by atoms with van der Waals surface area (Å²) in [5, 5.41) is 21.1. The zero-order valence-electron chi connectivity index (χ0n) is 22.8. The molecule has 0 bridgehead atoms. The summed E-state index contributed by atoms with van der Waals surface area (Å²) >= 11 is 0. The summed E-state index contributed by atoms with van der Waals surface area (Å²) in [4.78, 5) is 25.3. The number of carboxylic acids is 1. The SMILES string of the molecule is COCC1CCCN1CC1OC(c2ccc(NC(=O)CCCC(=O)O)cc2)OC(c2ccc(CO)cc2)C1C. The molecule has 4 rings (SSSR count). The van der Waals surface area contributed by atoms with Gasteiger partial charge in [0.2, 0.25) is 5.91 Å². The maximum absolute atomic E-state index is 12.2. The molecular formula is C30H40N2O7. The number of carbonyl (C=O) groups is 2. The van der Waals surface area contributed by atoms with Gasteiger partial charge in [0.15, 0.2) is 6.29 Å². The van der Waals surface area contributed by atoms with Crippen molar-refractivity contribution in [2.75, 3.05) is 32.1 Å². The highest BCUT2D eigenvalue weighted by Gasteiger charge is 2.40. The number of carboxylic acid groups (broad SMARTS) is 1. The van der Waals surface area contributed by atoms with Crippen LogP contribution in [0.15, 0.2) is 48.5 Å². The number of anilines is 1. The van der Waals surface area contributed by atoms with E-state index in [0.29, 0.717) is 24.8 Å². The number of carbonyl (C=O) groups excluding carboxylic acids is 1. The molecule has 2 heterocycles. The summed E-state index contributed by atoms with van der Waals surface area (Å²) in [6, 6.07) is 15.7. The van der Waals surface area contributed by atoms with E-state index in [-0.39, 0.29) is 43.5 Å². The molecule has 0 saturated carbocycles. The Hall–Kier alpha value is -2.82. The highest BCUT2D eigenvalue weighted by molar-refractivity contribution is 5.90. The summed E-state index contributed by atoms with van der Waals surface area (Å²) in [6.07, 6.45) is 1.82. The summed E-state index contributed by atoms with van der Waals surface area (Å²) in [6.45, 7) is 4.66. The van der Waals surface area contributed by atoms with Gasteiger partial charge in [0.05, 0.1) is 25.4 Å². The van der Waals surface area contributed by atoms with Gasteiger partial charge in [-0.15, -0.1) is 0 Å². The number of amides is 1. The molecule has 39 heavy (non-hydrogen) atoms. The maximum Gasteiger partial charge on any atom is 0.303 e. The molecule has 0 aliphatic carbocycles. The first-order chi connectivity index (χ1) is 18.9. The van der Waals surface area contributed by atoms with Crippen molar-refractivity contribution in [3.8, 4) is 0 Å². The van der Waals surface area contributed by atoms with Gasteiger partial charge in [0, 0.05) is 49.7 Å². The van der Waals surface area contributed by atoms with E-state index in [4.69, 9.17) is 19.3 Å². The smallest absolute Gasteiger partial charge is 0.303 e. The first-order valence-corrected chi connectivity index (χ1v) is 13.7. The lowest BCUT2D eigenvalue weighted by Gasteiger charge is -2.43. The Bertz CT molecular complexity index is 1080. The van der Waals surface area contributed by atoms with E-state index in [9.17, 15) is 14.7 Å². The van der Waals surface area contributed by atoms with Crippen LogP contribution in [0.4, 0.5) is 5.69 Å². The molecule has 2 aromatic carbocycles. The molecule has 2 fully saturated rings. The van der Waals surface area contributed by atoms with Crippen LogP contribution in [0.2, 0.25) is 0 Å². The third-order valence-electron chi connectivity index (χ3n) is 7.66. The van der Waals surface area contributed by atoms with E-state index in [0.717, 1.165) is 42.6 Å². The van der Waals surface area contributed by atoms with E-state index in [1.54, 1.807) is 7.11 Å². The summed E-state index contributed by atoms with van der Waals surface area (Å²) in [5.74, 6) is -1.03. The Kier molecular flexibility index (Phi) is 10.5. The molecule has 0 spiro atoms. The number of aliphatic hydroxyl groups is 1. The molecule has 2 aliphatic heterocycles. The Morgan fingerprint density at radius 2 is 1.77 bits per heavy atom. The lowest BCUT2D eigenvalue weighted by molar-refractivity contribution is -0.276. The lowest BCUT2D eigenvalue weighted by atomic mass is 9.90.